The molecule has 0 aliphatic rings. The number of rotatable bonds is 12. The Bertz CT molecular complexity index is 574. The summed E-state index contributed by atoms with van der Waals surface area (Å²) in [6, 6.07) is 0. The summed E-state index contributed by atoms with van der Waals surface area (Å²) in [5.41, 5.74) is 0. The van der Waals surface area contributed by atoms with E-state index in [4.69, 9.17) is 15.1 Å². The van der Waals surface area contributed by atoms with Crippen LogP contribution in [0.4, 0.5) is 52.7 Å². The lowest BCUT2D eigenvalue weighted by molar-refractivity contribution is -0.971. The highest BCUT2D eigenvalue weighted by atomic mass is 19.4. The molecular weight excluding hydrogens is 617 g/mol. The van der Waals surface area contributed by atoms with Gasteiger partial charge >= 0.3 is 37.4 Å². The van der Waals surface area contributed by atoms with E-state index in [1.54, 1.807) is 62.3 Å². The zero-order valence-corrected chi connectivity index (χ0v) is 26.3. The fourth-order valence-electron chi connectivity index (χ4n) is 4.39. The third kappa shape index (κ3) is 16.2. The molecule has 0 fully saturated rings. The van der Waals surface area contributed by atoms with Gasteiger partial charge in [-0.3, -0.25) is 20.8 Å². The first-order chi connectivity index (χ1) is 19.2. The smallest absolute Gasteiger partial charge is 0.474 e. The minimum atomic E-state index is -4.75. The van der Waals surface area contributed by atoms with Gasteiger partial charge in [0.05, 0.1) is 58.9 Å². The Morgan fingerprint density at radius 2 is 0.488 bits per heavy atom. The maximum absolute atomic E-state index is 13.1. The Hall–Kier alpha value is -1.02. The number of hydrogen-bond donors (Lipinski definition) is 0. The van der Waals surface area contributed by atoms with Gasteiger partial charge < -0.3 is 15.1 Å². The van der Waals surface area contributed by atoms with E-state index in [9.17, 15) is 52.7 Å². The van der Waals surface area contributed by atoms with Crippen LogP contribution in [0.2, 0.25) is 0 Å². The van der Waals surface area contributed by atoms with Crippen molar-refractivity contribution >= 4 is 7.32 Å². The molecule has 0 aromatic carbocycles. The predicted molar refractivity (Wildman–Crippen MR) is 134 cm³/mol. The van der Waals surface area contributed by atoms with Gasteiger partial charge in [-0.2, -0.15) is 52.7 Å². The molecule has 43 heavy (non-hydrogen) atoms. The van der Waals surface area contributed by atoms with E-state index in [1.807, 2.05) is 0 Å². The normalized spacial score (nSPS) is 15.1. The Morgan fingerprint density at radius 3 is 0.512 bits per heavy atom. The zero-order chi connectivity index (χ0) is 35.7. The number of alkyl halides is 12. The van der Waals surface area contributed by atoms with E-state index in [1.165, 1.54) is 0 Å². The molecule has 6 nitrogen and oxygen atoms in total. The molecule has 0 aliphatic carbocycles. The van der Waals surface area contributed by atoms with Crippen molar-refractivity contribution in [3.05, 3.63) is 0 Å². The van der Waals surface area contributed by atoms with Gasteiger partial charge in [0.2, 0.25) is 0 Å². The van der Waals surface area contributed by atoms with Crippen LogP contribution >= 0.6 is 0 Å². The molecule has 264 valence electrons. The van der Waals surface area contributed by atoms with E-state index in [0.717, 1.165) is 0 Å². The Morgan fingerprint density at radius 1 is 0.395 bits per heavy atom. The third-order valence-corrected chi connectivity index (χ3v) is 7.92. The molecule has 0 amide bonds. The molecule has 0 radical (unpaired) electrons. The van der Waals surface area contributed by atoms with Crippen molar-refractivity contribution in [2.75, 3.05) is 58.9 Å². The van der Waals surface area contributed by atoms with Crippen LogP contribution in [0.5, 0.6) is 0 Å². The first kappa shape index (κ1) is 48.9. The topological polar surface area (TPSA) is 69.2 Å². The minimum Gasteiger partial charge on any atom is -0.907 e. The first-order valence-electron chi connectivity index (χ1n) is 13.9. The van der Waals surface area contributed by atoms with Crippen LogP contribution in [-0.2, 0) is 0 Å². The summed E-state index contributed by atoms with van der Waals surface area (Å²) in [5, 5.41) is 25.2. The summed E-state index contributed by atoms with van der Waals surface area (Å²) in [6.07, 6.45) is -22.5. The van der Waals surface area contributed by atoms with Gasteiger partial charge in [0.15, 0.2) is 0 Å². The number of nitrogens with zero attached hydrogens (tertiary/aromatic N) is 3. The van der Waals surface area contributed by atoms with E-state index in [-0.39, 0.29) is 58.9 Å². The predicted octanol–water partition coefficient (Wildman–Crippen LogP) is 4.21. The van der Waals surface area contributed by atoms with Gasteiger partial charge in [-0.15, -0.1) is 0 Å². The van der Waals surface area contributed by atoms with E-state index < -0.39 is 58.2 Å². The van der Waals surface area contributed by atoms with Crippen LogP contribution in [0, 0.1) is 0 Å². The number of hydrogen-bond acceptors (Lipinski definition) is 3. The number of halogens is 12. The van der Waals surface area contributed by atoms with Gasteiger partial charge in [-0.1, -0.05) is 0 Å². The molecule has 0 spiro atoms. The van der Waals surface area contributed by atoms with Crippen molar-refractivity contribution in [3.8, 4) is 0 Å². The lowest BCUT2D eigenvalue weighted by atomic mass is 10.3. The van der Waals surface area contributed by atoms with Crippen LogP contribution < -0.4 is 15.1 Å². The minimum absolute atomic E-state index is 0.160. The van der Waals surface area contributed by atoms with Gasteiger partial charge in [0, 0.05) is 0 Å². The van der Waals surface area contributed by atoms with Crippen molar-refractivity contribution < 1.29 is 81.2 Å². The highest BCUT2D eigenvalue weighted by Crippen LogP contribution is 2.32. The molecule has 0 saturated carbocycles. The van der Waals surface area contributed by atoms with Gasteiger partial charge in [-0.25, -0.2) is 0 Å². The molecule has 0 rings (SSSR count). The Kier molecular flexibility index (Phi) is 23.8. The lowest BCUT2D eigenvalue weighted by Crippen LogP contribution is -2.58. The van der Waals surface area contributed by atoms with Crippen molar-refractivity contribution in [1.82, 2.24) is 0 Å². The SMILES string of the molecule is CC[N+](CC)(CC)C(F)C(F)(F)F.CC[N+](CC)(CC)C(F)C(F)(F)F.CC[N+](CC)(CC)C(F)C(F)(F)F.[O-]B([O-])[O-]. The van der Waals surface area contributed by atoms with Crippen LogP contribution in [-0.4, -0.2) is 117 Å². The average Bonchev–Trinajstić information content (AvgIpc) is 2.91. The molecule has 0 aromatic heterocycles. The quantitative estimate of drug-likeness (QED) is 0.136. The summed E-state index contributed by atoms with van der Waals surface area (Å²) in [5.74, 6) is 0. The van der Waals surface area contributed by atoms with Crippen LogP contribution in [0.15, 0.2) is 0 Å². The van der Waals surface area contributed by atoms with Crippen LogP contribution in [0.3, 0.4) is 0 Å². The second-order valence-corrected chi connectivity index (χ2v) is 9.42. The average molecular weight is 665 g/mol. The monoisotopic (exact) mass is 665 g/mol. The second kappa shape index (κ2) is 20.9. The lowest BCUT2D eigenvalue weighted by Gasteiger charge is -2.38. The van der Waals surface area contributed by atoms with Gasteiger partial charge in [0.1, 0.15) is 0 Å². The molecule has 19 heteroatoms. The van der Waals surface area contributed by atoms with Crippen molar-refractivity contribution in [1.29, 1.82) is 0 Å². The van der Waals surface area contributed by atoms with E-state index in [0.29, 0.717) is 0 Å². The molecule has 0 N–H and O–H groups in total. The van der Waals surface area contributed by atoms with E-state index >= 15 is 0 Å². The summed E-state index contributed by atoms with van der Waals surface area (Å²) in [7, 11) is -2.92. The van der Waals surface area contributed by atoms with Crippen molar-refractivity contribution in [2.45, 2.75) is 99.7 Å². The standard InChI is InChI=1S/3C8H16F4N.BO3/c3*1-4-13(5-2,6-3)7(9)8(10,11)12;2-1(3)4/h3*7H,4-6H2,1-3H3;/q3*+1;-3. The molecule has 0 saturated heterocycles. The fourth-order valence-corrected chi connectivity index (χ4v) is 4.39. The van der Waals surface area contributed by atoms with Crippen molar-refractivity contribution in [2.24, 2.45) is 0 Å². The molecule has 0 aromatic rings. The maximum Gasteiger partial charge on any atom is 0.474 e. The third-order valence-electron chi connectivity index (χ3n) is 7.92. The molecular formula is C24H48BF12N3O3. The fraction of sp³-hybridized carbons (Fsp3) is 1.00. The van der Waals surface area contributed by atoms with Crippen LogP contribution in [0.1, 0.15) is 62.3 Å². The maximum atomic E-state index is 13.1. The summed E-state index contributed by atoms with van der Waals surface area (Å²) < 4.78 is 147. The summed E-state index contributed by atoms with van der Waals surface area (Å²) in [6.45, 7) is 15.6. The largest absolute Gasteiger partial charge is 0.907 e. The second-order valence-electron chi connectivity index (χ2n) is 9.42. The highest BCUT2D eigenvalue weighted by Gasteiger charge is 2.55. The Balaban J connectivity index is -0.000000249. The van der Waals surface area contributed by atoms with Crippen LogP contribution in [0.25, 0.3) is 0 Å². The molecule has 3 unspecified atom stereocenters. The van der Waals surface area contributed by atoms with Gasteiger partial charge in [-0.05, 0) is 62.3 Å². The van der Waals surface area contributed by atoms with Gasteiger partial charge in [0.25, 0.3) is 0 Å². The van der Waals surface area contributed by atoms with Crippen molar-refractivity contribution in [3.63, 3.8) is 0 Å². The molecule has 0 bridgehead atoms. The zero-order valence-electron chi connectivity index (χ0n) is 26.3. The van der Waals surface area contributed by atoms with E-state index in [2.05, 4.69) is 0 Å². The first-order valence-corrected chi connectivity index (χ1v) is 13.9. The Labute approximate surface area is 247 Å². The number of quaternary nitrogens is 3. The highest BCUT2D eigenvalue weighted by molar-refractivity contribution is 6.24. The summed E-state index contributed by atoms with van der Waals surface area (Å²) >= 11 is 0. The molecule has 0 heterocycles. The summed E-state index contributed by atoms with van der Waals surface area (Å²) in [4.78, 5) is 0. The molecule has 3 atom stereocenters. The molecule has 0 aliphatic heterocycles.